The molecule has 7 nitrogen and oxygen atoms in total. The predicted octanol–water partition coefficient (Wildman–Crippen LogP) is 0.614. The molecule has 0 aliphatic carbocycles. The lowest BCUT2D eigenvalue weighted by Crippen LogP contribution is -3.15. The zero-order chi connectivity index (χ0) is 20.8. The van der Waals surface area contributed by atoms with Gasteiger partial charge < -0.3 is 15.1 Å². The van der Waals surface area contributed by atoms with Crippen LogP contribution < -0.4 is 15.1 Å². The lowest BCUT2D eigenvalue weighted by molar-refractivity contribution is -0.892. The third kappa shape index (κ3) is 5.90. The van der Waals surface area contributed by atoms with Gasteiger partial charge in [0.25, 0.3) is 5.91 Å². The summed E-state index contributed by atoms with van der Waals surface area (Å²) in [5, 5.41) is 7.48. The molecule has 1 aromatic carbocycles. The normalized spacial score (nSPS) is 14.8. The molecule has 3 rings (SSSR count). The third-order valence-electron chi connectivity index (χ3n) is 5.49. The van der Waals surface area contributed by atoms with E-state index in [-0.39, 0.29) is 11.7 Å². The van der Waals surface area contributed by atoms with Gasteiger partial charge in [0.15, 0.2) is 12.3 Å². The fourth-order valence-electron chi connectivity index (χ4n) is 3.81. The molecule has 1 amide bonds. The molecule has 0 bridgehead atoms. The fourth-order valence-corrected chi connectivity index (χ4v) is 3.81. The topological polar surface area (TPSA) is 71.7 Å². The summed E-state index contributed by atoms with van der Waals surface area (Å²) >= 11 is 0. The van der Waals surface area contributed by atoms with Gasteiger partial charge in [0.2, 0.25) is 0 Å². The Bertz CT molecular complexity index is 835. The Kier molecular flexibility index (Phi) is 7.04. The molecule has 2 heterocycles. The number of quaternary nitrogens is 1. The van der Waals surface area contributed by atoms with Gasteiger partial charge >= 0.3 is 0 Å². The predicted molar refractivity (Wildman–Crippen MR) is 114 cm³/mol. The standard InChI is InChI=1S/C22H31N5O2/c1-17-15-18(2)27(24-17)10-4-9-23-22(29)16-25-11-13-26(14-12-25)21-7-5-20(6-8-21)19(3)28/h5-8,15H,4,9-14,16H2,1-3H3,(H,23,29)/p+1. The van der Waals surface area contributed by atoms with Crippen LogP contribution in [0.4, 0.5) is 5.69 Å². The number of amides is 1. The Labute approximate surface area is 172 Å². The number of aromatic nitrogens is 2. The summed E-state index contributed by atoms with van der Waals surface area (Å²) in [5.41, 5.74) is 4.08. The molecule has 29 heavy (non-hydrogen) atoms. The Morgan fingerprint density at radius 2 is 1.83 bits per heavy atom. The number of ketones is 1. The molecule has 1 fully saturated rings. The lowest BCUT2D eigenvalue weighted by Gasteiger charge is -2.33. The molecule has 1 aromatic heterocycles. The zero-order valence-electron chi connectivity index (χ0n) is 17.7. The number of anilines is 1. The van der Waals surface area contributed by atoms with Crippen LogP contribution in [0.25, 0.3) is 0 Å². The van der Waals surface area contributed by atoms with Gasteiger partial charge in [0, 0.05) is 30.0 Å². The van der Waals surface area contributed by atoms with Gasteiger partial charge in [-0.15, -0.1) is 0 Å². The van der Waals surface area contributed by atoms with Crippen molar-refractivity contribution in [2.75, 3.05) is 44.2 Å². The van der Waals surface area contributed by atoms with Crippen molar-refractivity contribution in [1.82, 2.24) is 15.1 Å². The van der Waals surface area contributed by atoms with Gasteiger partial charge in [0.1, 0.15) is 0 Å². The molecule has 156 valence electrons. The summed E-state index contributed by atoms with van der Waals surface area (Å²) in [6.07, 6.45) is 0.882. The molecular formula is C22H32N5O2+. The van der Waals surface area contributed by atoms with Crippen molar-refractivity contribution in [3.63, 3.8) is 0 Å². The SMILES string of the molecule is CC(=O)c1ccc(N2CC[NH+](CC(=O)NCCCn3nc(C)cc3C)CC2)cc1. The van der Waals surface area contributed by atoms with Crippen LogP contribution >= 0.6 is 0 Å². The van der Waals surface area contributed by atoms with Crippen LogP contribution in [0.2, 0.25) is 0 Å². The highest BCUT2D eigenvalue weighted by Crippen LogP contribution is 2.15. The van der Waals surface area contributed by atoms with Gasteiger partial charge in [-0.3, -0.25) is 14.3 Å². The average molecular weight is 399 g/mol. The average Bonchev–Trinajstić information content (AvgIpc) is 3.03. The number of carbonyl (C=O) groups is 2. The third-order valence-corrected chi connectivity index (χ3v) is 5.49. The summed E-state index contributed by atoms with van der Waals surface area (Å²) in [5.74, 6) is 0.208. The van der Waals surface area contributed by atoms with Crippen LogP contribution in [-0.2, 0) is 11.3 Å². The van der Waals surface area contributed by atoms with Crippen LogP contribution in [0.1, 0.15) is 35.1 Å². The van der Waals surface area contributed by atoms with Crippen molar-refractivity contribution >= 4 is 17.4 Å². The summed E-state index contributed by atoms with van der Waals surface area (Å²) in [6.45, 7) is 11.4. The number of piperazine rings is 1. The van der Waals surface area contributed by atoms with E-state index in [1.807, 2.05) is 35.9 Å². The zero-order valence-corrected chi connectivity index (χ0v) is 17.7. The van der Waals surface area contributed by atoms with E-state index in [2.05, 4.69) is 28.3 Å². The molecule has 2 N–H and O–H groups in total. The summed E-state index contributed by atoms with van der Waals surface area (Å²) in [4.78, 5) is 27.3. The van der Waals surface area contributed by atoms with Gasteiger partial charge in [-0.25, -0.2) is 0 Å². The second-order valence-corrected chi connectivity index (χ2v) is 7.87. The second-order valence-electron chi connectivity index (χ2n) is 7.87. The second kappa shape index (κ2) is 9.69. The Balaban J connectivity index is 1.35. The first kappa shape index (κ1) is 21.0. The lowest BCUT2D eigenvalue weighted by atomic mass is 10.1. The Morgan fingerprint density at radius 3 is 2.41 bits per heavy atom. The number of hydrogen-bond donors (Lipinski definition) is 2. The molecule has 0 radical (unpaired) electrons. The van der Waals surface area contributed by atoms with Gasteiger partial charge in [-0.1, -0.05) is 0 Å². The first-order valence-electron chi connectivity index (χ1n) is 10.4. The van der Waals surface area contributed by atoms with Crippen LogP contribution in [0.3, 0.4) is 0 Å². The molecule has 1 aliphatic rings. The van der Waals surface area contributed by atoms with Gasteiger partial charge in [-0.05, 0) is 57.5 Å². The number of benzene rings is 1. The van der Waals surface area contributed by atoms with Crippen molar-refractivity contribution in [2.45, 2.75) is 33.7 Å². The van der Waals surface area contributed by atoms with E-state index in [0.717, 1.165) is 61.8 Å². The summed E-state index contributed by atoms with van der Waals surface area (Å²) in [7, 11) is 0. The maximum atomic E-state index is 12.2. The van der Waals surface area contributed by atoms with Crippen molar-refractivity contribution in [2.24, 2.45) is 0 Å². The van der Waals surface area contributed by atoms with Crippen molar-refractivity contribution in [1.29, 1.82) is 0 Å². The van der Waals surface area contributed by atoms with E-state index in [4.69, 9.17) is 0 Å². The minimum absolute atomic E-state index is 0.0895. The van der Waals surface area contributed by atoms with E-state index in [0.29, 0.717) is 13.1 Å². The summed E-state index contributed by atoms with van der Waals surface area (Å²) < 4.78 is 1.99. The van der Waals surface area contributed by atoms with E-state index in [1.165, 1.54) is 4.90 Å². The van der Waals surface area contributed by atoms with E-state index >= 15 is 0 Å². The number of nitrogens with one attached hydrogen (secondary N) is 2. The molecule has 2 aromatic rings. The van der Waals surface area contributed by atoms with E-state index < -0.39 is 0 Å². The molecule has 1 saturated heterocycles. The van der Waals surface area contributed by atoms with Crippen molar-refractivity contribution in [3.05, 3.63) is 47.3 Å². The van der Waals surface area contributed by atoms with Crippen LogP contribution in [0.15, 0.2) is 30.3 Å². The monoisotopic (exact) mass is 398 g/mol. The minimum Gasteiger partial charge on any atom is -0.360 e. The number of nitrogens with zero attached hydrogens (tertiary/aromatic N) is 3. The first-order valence-corrected chi connectivity index (χ1v) is 10.4. The highest BCUT2D eigenvalue weighted by atomic mass is 16.2. The summed E-state index contributed by atoms with van der Waals surface area (Å²) in [6, 6.07) is 9.86. The first-order chi connectivity index (χ1) is 13.9. The van der Waals surface area contributed by atoms with Crippen LogP contribution in [0, 0.1) is 13.8 Å². The maximum Gasteiger partial charge on any atom is 0.275 e. The Hall–Kier alpha value is -2.67. The van der Waals surface area contributed by atoms with E-state index in [1.54, 1.807) is 6.92 Å². The number of aryl methyl sites for hydroxylation is 3. The molecular weight excluding hydrogens is 366 g/mol. The number of Topliss-reactive ketones (excluding diaryl/α,β-unsaturated/α-hetero) is 1. The van der Waals surface area contributed by atoms with Crippen LogP contribution in [0.5, 0.6) is 0 Å². The quantitative estimate of drug-likeness (QED) is 0.505. The smallest absolute Gasteiger partial charge is 0.275 e. The molecule has 7 heteroatoms. The minimum atomic E-state index is 0.0895. The number of carbonyl (C=O) groups excluding carboxylic acids is 2. The van der Waals surface area contributed by atoms with E-state index in [9.17, 15) is 9.59 Å². The van der Waals surface area contributed by atoms with Crippen LogP contribution in [-0.4, -0.2) is 60.7 Å². The largest absolute Gasteiger partial charge is 0.360 e. The molecule has 0 spiro atoms. The number of hydrogen-bond acceptors (Lipinski definition) is 4. The Morgan fingerprint density at radius 1 is 1.14 bits per heavy atom. The van der Waals surface area contributed by atoms with Gasteiger partial charge in [0.05, 0.1) is 31.9 Å². The highest BCUT2D eigenvalue weighted by Gasteiger charge is 2.22. The van der Waals surface area contributed by atoms with Crippen molar-refractivity contribution in [3.8, 4) is 0 Å². The van der Waals surface area contributed by atoms with Crippen molar-refractivity contribution < 1.29 is 14.5 Å². The highest BCUT2D eigenvalue weighted by molar-refractivity contribution is 5.94. The molecule has 0 saturated carbocycles. The molecule has 0 unspecified atom stereocenters. The molecule has 0 atom stereocenters. The number of rotatable bonds is 8. The fraction of sp³-hybridized carbons (Fsp3) is 0.500. The molecule has 1 aliphatic heterocycles. The maximum absolute atomic E-state index is 12.2. The van der Waals surface area contributed by atoms with Gasteiger partial charge in [-0.2, -0.15) is 5.10 Å².